The Morgan fingerprint density at radius 2 is 1.78 bits per heavy atom. The van der Waals surface area contributed by atoms with Gasteiger partial charge in [-0.05, 0) is 51.5 Å². The van der Waals surface area contributed by atoms with Crippen LogP contribution in [0.5, 0.6) is 0 Å². The molecule has 1 aromatic heterocycles. The van der Waals surface area contributed by atoms with Crippen LogP contribution in [0.3, 0.4) is 0 Å². The van der Waals surface area contributed by atoms with Gasteiger partial charge in [0.05, 0.1) is 5.25 Å². The number of aryl methyl sites for hydroxylation is 2. The molecule has 0 radical (unpaired) electrons. The van der Waals surface area contributed by atoms with Crippen molar-refractivity contribution in [2.75, 3.05) is 0 Å². The maximum atomic E-state index is 12.5. The maximum absolute atomic E-state index is 12.5. The summed E-state index contributed by atoms with van der Waals surface area (Å²) in [5.41, 5.74) is 3.10. The second kappa shape index (κ2) is 7.65. The molecule has 1 aliphatic rings. The summed E-state index contributed by atoms with van der Waals surface area (Å²) in [6.45, 7) is 12.5. The van der Waals surface area contributed by atoms with Crippen molar-refractivity contribution < 1.29 is 4.79 Å². The van der Waals surface area contributed by atoms with E-state index in [0.717, 1.165) is 23.4 Å². The lowest BCUT2D eigenvalue weighted by atomic mass is 9.78. The lowest BCUT2D eigenvalue weighted by Gasteiger charge is -2.35. The first-order valence-electron chi connectivity index (χ1n) is 8.58. The number of carbonyl (C=O) groups is 1. The fraction of sp³-hybridized carbons (Fsp3) is 0.722. The number of nitrogens with one attached hydrogen (secondary N) is 1. The van der Waals surface area contributed by atoms with E-state index in [1.165, 1.54) is 24.6 Å². The predicted molar refractivity (Wildman–Crippen MR) is 95.7 cm³/mol. The molecule has 4 nitrogen and oxygen atoms in total. The first kappa shape index (κ1) is 18.2. The van der Waals surface area contributed by atoms with E-state index < -0.39 is 0 Å². The van der Waals surface area contributed by atoms with E-state index in [9.17, 15) is 4.79 Å². The number of amides is 1. The van der Waals surface area contributed by atoms with Gasteiger partial charge in [0.15, 0.2) is 5.16 Å². The summed E-state index contributed by atoms with van der Waals surface area (Å²) in [7, 11) is 0. The summed E-state index contributed by atoms with van der Waals surface area (Å²) in [4.78, 5) is 21.5. The van der Waals surface area contributed by atoms with Crippen LogP contribution in [-0.2, 0) is 4.79 Å². The Bertz CT molecular complexity index is 552. The van der Waals surface area contributed by atoms with E-state index in [4.69, 9.17) is 0 Å². The molecule has 5 heteroatoms. The zero-order valence-electron chi connectivity index (χ0n) is 15.1. The Balaban J connectivity index is 1.97. The zero-order chi connectivity index (χ0) is 17.1. The summed E-state index contributed by atoms with van der Waals surface area (Å²) < 4.78 is 0. The summed E-state index contributed by atoms with van der Waals surface area (Å²) in [5, 5.41) is 3.76. The summed E-state index contributed by atoms with van der Waals surface area (Å²) in [6, 6.07) is 0.303. The van der Waals surface area contributed by atoms with E-state index in [0.29, 0.717) is 23.0 Å². The fourth-order valence-corrected chi connectivity index (χ4v) is 3.96. The maximum Gasteiger partial charge on any atom is 0.233 e. The van der Waals surface area contributed by atoms with Gasteiger partial charge in [0.1, 0.15) is 0 Å². The average Bonchev–Trinajstić information content (AvgIpc) is 2.49. The second-order valence-corrected chi connectivity index (χ2v) is 8.25. The number of aromatic nitrogens is 2. The third kappa shape index (κ3) is 4.46. The summed E-state index contributed by atoms with van der Waals surface area (Å²) in [6.07, 6.45) is 3.57. The number of nitrogens with zero attached hydrogens (tertiary/aromatic N) is 2. The van der Waals surface area contributed by atoms with E-state index in [2.05, 4.69) is 29.1 Å². The molecule has 0 aliphatic heterocycles. The number of hydrogen-bond acceptors (Lipinski definition) is 4. The number of thioether (sulfide) groups is 1. The van der Waals surface area contributed by atoms with Crippen LogP contribution < -0.4 is 5.32 Å². The molecule has 1 aromatic rings. The van der Waals surface area contributed by atoms with Crippen molar-refractivity contribution in [3.8, 4) is 0 Å². The largest absolute Gasteiger partial charge is 0.352 e. The smallest absolute Gasteiger partial charge is 0.233 e. The van der Waals surface area contributed by atoms with Gasteiger partial charge in [-0.2, -0.15) is 0 Å². The molecule has 1 fully saturated rings. The highest BCUT2D eigenvalue weighted by Gasteiger charge is 2.29. The van der Waals surface area contributed by atoms with E-state index >= 15 is 0 Å². The van der Waals surface area contributed by atoms with Crippen LogP contribution in [0.25, 0.3) is 0 Å². The molecular formula is C18H29N3OS. The van der Waals surface area contributed by atoms with Crippen molar-refractivity contribution in [2.24, 2.45) is 11.8 Å². The van der Waals surface area contributed by atoms with Crippen LogP contribution in [-0.4, -0.2) is 27.2 Å². The molecule has 1 saturated carbocycles. The zero-order valence-corrected chi connectivity index (χ0v) is 16.0. The van der Waals surface area contributed by atoms with Gasteiger partial charge in [-0.15, -0.1) is 0 Å². The number of carbonyl (C=O) groups excluding carboxylic acids is 1. The van der Waals surface area contributed by atoms with Crippen molar-refractivity contribution >= 4 is 17.7 Å². The van der Waals surface area contributed by atoms with E-state index in [1.807, 2.05) is 27.7 Å². The molecule has 1 amide bonds. The van der Waals surface area contributed by atoms with Crippen molar-refractivity contribution in [3.63, 3.8) is 0 Å². The quantitative estimate of drug-likeness (QED) is 0.671. The molecule has 1 aliphatic carbocycles. The van der Waals surface area contributed by atoms with Crippen molar-refractivity contribution in [1.82, 2.24) is 15.3 Å². The minimum absolute atomic E-state index is 0.0976. The number of rotatable bonds is 4. The standard InChI is InChI=1S/C18H29N3OS/c1-10-8-7-9-16(11(10)2)21-17(22)15(6)23-18-19-13(4)12(3)14(5)20-18/h10-11,15-16H,7-9H2,1-6H3,(H,21,22)/t10-,11-,15-,16+/m0/s1. The molecule has 23 heavy (non-hydrogen) atoms. The molecule has 1 heterocycles. The van der Waals surface area contributed by atoms with Gasteiger partial charge in [0.25, 0.3) is 0 Å². The predicted octanol–water partition coefficient (Wildman–Crippen LogP) is 3.82. The molecule has 0 unspecified atom stereocenters. The van der Waals surface area contributed by atoms with Gasteiger partial charge in [0.2, 0.25) is 5.91 Å². The fourth-order valence-electron chi connectivity index (χ4n) is 3.09. The Labute approximate surface area is 144 Å². The first-order valence-corrected chi connectivity index (χ1v) is 9.46. The van der Waals surface area contributed by atoms with Crippen LogP contribution in [0.2, 0.25) is 0 Å². The second-order valence-electron chi connectivity index (χ2n) is 6.94. The van der Waals surface area contributed by atoms with Crippen LogP contribution in [0, 0.1) is 32.6 Å². The van der Waals surface area contributed by atoms with Crippen LogP contribution in [0.1, 0.15) is 57.0 Å². The molecule has 1 N–H and O–H groups in total. The van der Waals surface area contributed by atoms with Crippen molar-refractivity contribution in [1.29, 1.82) is 0 Å². The third-order valence-corrected chi connectivity index (χ3v) is 6.26. The minimum Gasteiger partial charge on any atom is -0.352 e. The first-order chi connectivity index (χ1) is 10.8. The molecule has 0 bridgehead atoms. The average molecular weight is 336 g/mol. The Kier molecular flexibility index (Phi) is 6.06. The van der Waals surface area contributed by atoms with Gasteiger partial charge in [-0.1, -0.05) is 38.5 Å². The van der Waals surface area contributed by atoms with Crippen LogP contribution in [0.15, 0.2) is 5.16 Å². The third-order valence-electron chi connectivity index (χ3n) is 5.30. The van der Waals surface area contributed by atoms with Crippen LogP contribution >= 0.6 is 11.8 Å². The molecule has 0 saturated heterocycles. The SMILES string of the molecule is Cc1nc(S[C@@H](C)C(=O)N[C@@H]2CCC[C@H](C)[C@@H]2C)nc(C)c1C. The molecule has 2 rings (SSSR count). The van der Waals surface area contributed by atoms with Crippen LogP contribution in [0.4, 0.5) is 0 Å². The van der Waals surface area contributed by atoms with Gasteiger partial charge >= 0.3 is 0 Å². The van der Waals surface area contributed by atoms with Gasteiger partial charge < -0.3 is 5.32 Å². The Morgan fingerprint density at radius 3 is 2.39 bits per heavy atom. The highest BCUT2D eigenvalue weighted by atomic mass is 32.2. The lowest BCUT2D eigenvalue weighted by Crippen LogP contribution is -2.46. The molecular weight excluding hydrogens is 306 g/mol. The summed E-state index contributed by atoms with van der Waals surface area (Å²) >= 11 is 1.45. The Morgan fingerprint density at radius 1 is 1.17 bits per heavy atom. The van der Waals surface area contributed by atoms with Crippen molar-refractivity contribution in [3.05, 3.63) is 17.0 Å². The Hall–Kier alpha value is -1.10. The summed E-state index contributed by atoms with van der Waals surface area (Å²) in [5.74, 6) is 1.33. The minimum atomic E-state index is -0.180. The van der Waals surface area contributed by atoms with Gasteiger partial charge in [-0.3, -0.25) is 4.79 Å². The van der Waals surface area contributed by atoms with Crippen molar-refractivity contribution in [2.45, 2.75) is 77.3 Å². The number of hydrogen-bond donors (Lipinski definition) is 1. The van der Waals surface area contributed by atoms with Gasteiger partial charge in [-0.25, -0.2) is 9.97 Å². The van der Waals surface area contributed by atoms with E-state index in [-0.39, 0.29) is 11.2 Å². The van der Waals surface area contributed by atoms with E-state index in [1.54, 1.807) is 0 Å². The van der Waals surface area contributed by atoms with Gasteiger partial charge in [0, 0.05) is 17.4 Å². The molecule has 128 valence electrons. The molecule has 4 atom stereocenters. The lowest BCUT2D eigenvalue weighted by molar-refractivity contribution is -0.121. The monoisotopic (exact) mass is 335 g/mol. The highest BCUT2D eigenvalue weighted by molar-refractivity contribution is 8.00. The topological polar surface area (TPSA) is 54.9 Å². The highest BCUT2D eigenvalue weighted by Crippen LogP contribution is 2.30. The normalized spacial score (nSPS) is 25.9. The molecule has 0 spiro atoms. The molecule has 0 aromatic carbocycles.